The van der Waals surface area contributed by atoms with Crippen LogP contribution in [-0.4, -0.2) is 10.9 Å². The number of rotatable bonds is 3. The van der Waals surface area contributed by atoms with Crippen molar-refractivity contribution in [1.29, 1.82) is 0 Å². The Morgan fingerprint density at radius 3 is 2.74 bits per heavy atom. The summed E-state index contributed by atoms with van der Waals surface area (Å²) >= 11 is 0. The van der Waals surface area contributed by atoms with Gasteiger partial charge in [0.15, 0.2) is 0 Å². The number of nitrogens with one attached hydrogen (secondary N) is 1. The Labute approximate surface area is 111 Å². The average Bonchev–Trinajstić information content (AvgIpc) is 2.40. The molecule has 1 aromatic heterocycles. The molecule has 0 radical (unpaired) electrons. The van der Waals surface area contributed by atoms with Gasteiger partial charge in [-0.3, -0.25) is 9.78 Å². The van der Waals surface area contributed by atoms with Crippen molar-refractivity contribution < 1.29 is 9.18 Å². The molecular formula is C15H15FN2O. The predicted octanol–water partition coefficient (Wildman–Crippen LogP) is 2.77. The van der Waals surface area contributed by atoms with Crippen LogP contribution in [0, 0.1) is 19.7 Å². The molecule has 2 aromatic rings. The van der Waals surface area contributed by atoms with E-state index in [4.69, 9.17) is 0 Å². The van der Waals surface area contributed by atoms with Crippen LogP contribution in [-0.2, 0) is 6.54 Å². The van der Waals surface area contributed by atoms with Crippen LogP contribution in [0.15, 0.2) is 36.7 Å². The summed E-state index contributed by atoms with van der Waals surface area (Å²) in [4.78, 5) is 15.9. The Hall–Kier alpha value is -2.23. The second-order valence-electron chi connectivity index (χ2n) is 4.45. The first-order valence-corrected chi connectivity index (χ1v) is 6.02. The van der Waals surface area contributed by atoms with Crippen molar-refractivity contribution in [2.45, 2.75) is 20.4 Å². The quantitative estimate of drug-likeness (QED) is 0.919. The molecule has 0 saturated heterocycles. The van der Waals surface area contributed by atoms with Gasteiger partial charge in [0, 0.05) is 24.5 Å². The summed E-state index contributed by atoms with van der Waals surface area (Å²) < 4.78 is 13.1. The molecule has 0 bridgehead atoms. The van der Waals surface area contributed by atoms with Gasteiger partial charge in [0.05, 0.1) is 0 Å². The van der Waals surface area contributed by atoms with E-state index in [1.807, 2.05) is 13.0 Å². The van der Waals surface area contributed by atoms with Crippen molar-refractivity contribution in [3.05, 3.63) is 64.7 Å². The Morgan fingerprint density at radius 1 is 1.26 bits per heavy atom. The summed E-state index contributed by atoms with van der Waals surface area (Å²) in [5.41, 5.74) is 2.97. The fourth-order valence-electron chi connectivity index (χ4n) is 1.76. The first-order valence-electron chi connectivity index (χ1n) is 6.02. The van der Waals surface area contributed by atoms with E-state index in [0.717, 1.165) is 11.1 Å². The molecule has 0 fully saturated rings. The van der Waals surface area contributed by atoms with E-state index in [0.29, 0.717) is 17.7 Å². The van der Waals surface area contributed by atoms with E-state index < -0.39 is 0 Å². The number of aromatic nitrogens is 1. The molecule has 0 spiro atoms. The van der Waals surface area contributed by atoms with Crippen LogP contribution in [0.25, 0.3) is 0 Å². The van der Waals surface area contributed by atoms with Crippen LogP contribution in [0.4, 0.5) is 4.39 Å². The largest absolute Gasteiger partial charge is 0.348 e. The number of pyridine rings is 1. The van der Waals surface area contributed by atoms with E-state index >= 15 is 0 Å². The van der Waals surface area contributed by atoms with Gasteiger partial charge < -0.3 is 5.32 Å². The highest BCUT2D eigenvalue weighted by Crippen LogP contribution is 2.10. The second-order valence-corrected chi connectivity index (χ2v) is 4.45. The third-order valence-electron chi connectivity index (χ3n) is 3.00. The SMILES string of the molecule is Cc1cc(C(=O)NCc2ccncc2C)ccc1F. The standard InChI is InChI=1S/C15H15FN2O/c1-10-7-12(3-4-14(10)16)15(19)18-9-13-5-6-17-8-11(13)2/h3-8H,9H2,1-2H3,(H,18,19). The van der Waals surface area contributed by atoms with Gasteiger partial charge in [0.2, 0.25) is 0 Å². The van der Waals surface area contributed by atoms with Gasteiger partial charge in [0.1, 0.15) is 5.82 Å². The third-order valence-corrected chi connectivity index (χ3v) is 3.00. The van der Waals surface area contributed by atoms with E-state index in [1.54, 1.807) is 25.4 Å². The number of carbonyl (C=O) groups excluding carboxylic acids is 1. The van der Waals surface area contributed by atoms with Crippen LogP contribution < -0.4 is 5.32 Å². The molecule has 1 aromatic carbocycles. The lowest BCUT2D eigenvalue weighted by atomic mass is 10.1. The molecule has 2 rings (SSSR count). The molecule has 19 heavy (non-hydrogen) atoms. The minimum atomic E-state index is -0.304. The van der Waals surface area contributed by atoms with Gasteiger partial charge in [0.25, 0.3) is 5.91 Å². The summed E-state index contributed by atoms with van der Waals surface area (Å²) in [5, 5.41) is 2.81. The molecule has 1 heterocycles. The zero-order valence-electron chi connectivity index (χ0n) is 10.9. The first-order chi connectivity index (χ1) is 9.08. The van der Waals surface area contributed by atoms with Gasteiger partial charge in [-0.2, -0.15) is 0 Å². The van der Waals surface area contributed by atoms with Gasteiger partial charge in [-0.15, -0.1) is 0 Å². The molecule has 0 aliphatic carbocycles. The summed E-state index contributed by atoms with van der Waals surface area (Å²) in [5.74, 6) is -0.513. The van der Waals surface area contributed by atoms with Crippen LogP contribution in [0.2, 0.25) is 0 Å². The smallest absolute Gasteiger partial charge is 0.251 e. The maximum atomic E-state index is 13.1. The molecular weight excluding hydrogens is 243 g/mol. The Morgan fingerprint density at radius 2 is 2.05 bits per heavy atom. The second kappa shape index (κ2) is 5.61. The highest BCUT2D eigenvalue weighted by molar-refractivity contribution is 5.94. The molecule has 98 valence electrons. The van der Waals surface area contributed by atoms with Crippen LogP contribution >= 0.6 is 0 Å². The molecule has 4 heteroatoms. The average molecular weight is 258 g/mol. The molecule has 1 N–H and O–H groups in total. The van der Waals surface area contributed by atoms with Crippen molar-refractivity contribution in [3.8, 4) is 0 Å². The minimum absolute atomic E-state index is 0.209. The Balaban J connectivity index is 2.05. The summed E-state index contributed by atoms with van der Waals surface area (Å²) in [6, 6.07) is 6.20. The molecule has 0 atom stereocenters. The maximum Gasteiger partial charge on any atom is 0.251 e. The normalized spacial score (nSPS) is 10.3. The molecule has 0 aliphatic heterocycles. The predicted molar refractivity (Wildman–Crippen MR) is 71.3 cm³/mol. The summed E-state index contributed by atoms with van der Waals surface area (Å²) in [6.07, 6.45) is 3.44. The highest BCUT2D eigenvalue weighted by atomic mass is 19.1. The van der Waals surface area contributed by atoms with Gasteiger partial charge in [-0.1, -0.05) is 0 Å². The number of nitrogens with zero attached hydrogens (tertiary/aromatic N) is 1. The van der Waals surface area contributed by atoms with Crippen molar-refractivity contribution in [3.63, 3.8) is 0 Å². The van der Waals surface area contributed by atoms with Gasteiger partial charge in [-0.25, -0.2) is 4.39 Å². The van der Waals surface area contributed by atoms with Gasteiger partial charge >= 0.3 is 0 Å². The summed E-state index contributed by atoms with van der Waals surface area (Å²) in [6.45, 7) is 4.01. The van der Waals surface area contributed by atoms with Crippen LogP contribution in [0.3, 0.4) is 0 Å². The van der Waals surface area contributed by atoms with Crippen molar-refractivity contribution in [1.82, 2.24) is 10.3 Å². The van der Waals surface area contributed by atoms with Crippen molar-refractivity contribution in [2.75, 3.05) is 0 Å². The van der Waals surface area contributed by atoms with E-state index in [-0.39, 0.29) is 11.7 Å². The van der Waals surface area contributed by atoms with E-state index in [2.05, 4.69) is 10.3 Å². The topological polar surface area (TPSA) is 42.0 Å². The van der Waals surface area contributed by atoms with Crippen molar-refractivity contribution >= 4 is 5.91 Å². The molecule has 0 aliphatic rings. The van der Waals surface area contributed by atoms with E-state index in [1.165, 1.54) is 12.1 Å². The highest BCUT2D eigenvalue weighted by Gasteiger charge is 2.08. The van der Waals surface area contributed by atoms with Crippen LogP contribution in [0.1, 0.15) is 27.0 Å². The Kier molecular flexibility index (Phi) is 3.90. The lowest BCUT2D eigenvalue weighted by Crippen LogP contribution is -2.23. The lowest BCUT2D eigenvalue weighted by Gasteiger charge is -2.08. The van der Waals surface area contributed by atoms with Crippen molar-refractivity contribution in [2.24, 2.45) is 0 Å². The van der Waals surface area contributed by atoms with Crippen LogP contribution in [0.5, 0.6) is 0 Å². The minimum Gasteiger partial charge on any atom is -0.348 e. The lowest BCUT2D eigenvalue weighted by molar-refractivity contribution is 0.0950. The van der Waals surface area contributed by atoms with Gasteiger partial charge in [-0.05, 0) is 54.8 Å². The fourth-order valence-corrected chi connectivity index (χ4v) is 1.76. The number of aryl methyl sites for hydroxylation is 2. The number of hydrogen-bond donors (Lipinski definition) is 1. The molecule has 3 nitrogen and oxygen atoms in total. The number of carbonyl (C=O) groups is 1. The first kappa shape index (κ1) is 13.2. The Bertz CT molecular complexity index is 611. The monoisotopic (exact) mass is 258 g/mol. The fraction of sp³-hybridized carbons (Fsp3) is 0.200. The number of benzene rings is 1. The maximum absolute atomic E-state index is 13.1. The number of halogens is 1. The molecule has 1 amide bonds. The third kappa shape index (κ3) is 3.16. The van der Waals surface area contributed by atoms with E-state index in [9.17, 15) is 9.18 Å². The summed E-state index contributed by atoms with van der Waals surface area (Å²) in [7, 11) is 0. The number of amides is 1. The zero-order valence-corrected chi connectivity index (χ0v) is 10.9. The molecule has 0 saturated carbocycles. The number of hydrogen-bond acceptors (Lipinski definition) is 2. The zero-order chi connectivity index (χ0) is 13.8. The molecule has 0 unspecified atom stereocenters.